The monoisotopic (exact) mass is 632 g/mol. The van der Waals surface area contributed by atoms with E-state index in [0.29, 0.717) is 45.3 Å². The van der Waals surface area contributed by atoms with Crippen LogP contribution in [0.1, 0.15) is 39.1 Å². The first kappa shape index (κ1) is 30.5. The van der Waals surface area contributed by atoms with Crippen molar-refractivity contribution in [3.63, 3.8) is 0 Å². The maximum absolute atomic E-state index is 10.3. The summed E-state index contributed by atoms with van der Waals surface area (Å²) >= 11 is 6.47. The molecule has 0 fully saturated rings. The Balaban J connectivity index is 1.47. The maximum atomic E-state index is 10.3. The topological polar surface area (TPSA) is 157 Å². The first-order valence-electron chi connectivity index (χ1n) is 14.1. The molecule has 0 aromatic carbocycles. The molecule has 0 aliphatic rings. The summed E-state index contributed by atoms with van der Waals surface area (Å²) in [6.45, 7) is 6.44. The van der Waals surface area contributed by atoms with Crippen LogP contribution in [0.2, 0.25) is 5.02 Å². The molecule has 0 aliphatic heterocycles. The summed E-state index contributed by atoms with van der Waals surface area (Å²) in [4.78, 5) is 28.7. The Morgan fingerprint density at radius 1 is 0.826 bits per heavy atom. The lowest BCUT2D eigenvalue weighted by Crippen LogP contribution is -2.17. The summed E-state index contributed by atoms with van der Waals surface area (Å²) in [6, 6.07) is 9.25. The van der Waals surface area contributed by atoms with Gasteiger partial charge in [0.2, 0.25) is 11.9 Å². The zero-order valence-electron chi connectivity index (χ0n) is 25.6. The number of halogens is 1. The maximum Gasteiger partial charge on any atom is 0.232 e. The predicted octanol–water partition coefficient (Wildman–Crippen LogP) is 4.19. The molecule has 6 heterocycles. The molecule has 0 radical (unpaired) electrons. The van der Waals surface area contributed by atoms with Crippen LogP contribution in [0.5, 0.6) is 0 Å². The second-order valence-electron chi connectivity index (χ2n) is 11.6. The van der Waals surface area contributed by atoms with Gasteiger partial charge in [0.15, 0.2) is 5.82 Å². The number of anilines is 3. The largest absolute Gasteiger partial charge is 0.378 e. The molecule has 6 rings (SSSR count). The first-order chi connectivity index (χ1) is 21.8. The van der Waals surface area contributed by atoms with E-state index in [1.165, 1.54) is 6.20 Å². The van der Waals surface area contributed by atoms with Crippen LogP contribution in [0.3, 0.4) is 0 Å². The van der Waals surface area contributed by atoms with Crippen molar-refractivity contribution in [1.29, 1.82) is 0 Å². The minimum atomic E-state index is -1.23. The van der Waals surface area contributed by atoms with E-state index in [9.17, 15) is 10.2 Å². The SMILES string of the molecule is CN(c1nccc(-n2ccc3cnc(C#CC(C)(C)O)cc32)n1)c1nc(C#CC(C)(C)O)cc2c1ccn2-c1nc(N)ncc1Cl. The number of nitrogens with zero attached hydrogens (tertiary/aromatic N) is 9. The number of hydrogen-bond donors (Lipinski definition) is 3. The van der Waals surface area contributed by atoms with Crippen LogP contribution in [0, 0.1) is 23.7 Å². The molecule has 12 nitrogen and oxygen atoms in total. The Hall–Kier alpha value is -5.53. The van der Waals surface area contributed by atoms with Gasteiger partial charge in [-0.25, -0.2) is 19.9 Å². The highest BCUT2D eigenvalue weighted by Gasteiger charge is 2.20. The third-order valence-electron chi connectivity index (χ3n) is 6.70. The second-order valence-corrected chi connectivity index (χ2v) is 12.0. The van der Waals surface area contributed by atoms with Crippen molar-refractivity contribution in [3.05, 3.63) is 77.7 Å². The highest BCUT2D eigenvalue weighted by molar-refractivity contribution is 6.32. The quantitative estimate of drug-likeness (QED) is 0.241. The van der Waals surface area contributed by atoms with E-state index >= 15 is 0 Å². The molecular weight excluding hydrogens is 604 g/mol. The number of nitrogens with two attached hydrogens (primary N) is 1. The average molecular weight is 633 g/mol. The van der Waals surface area contributed by atoms with Crippen molar-refractivity contribution in [3.8, 4) is 35.3 Å². The second kappa shape index (κ2) is 11.4. The molecule has 0 bridgehead atoms. The Kier molecular flexibility index (Phi) is 7.58. The molecule has 0 saturated heterocycles. The van der Waals surface area contributed by atoms with Crippen LogP contribution >= 0.6 is 11.6 Å². The third kappa shape index (κ3) is 6.32. The van der Waals surface area contributed by atoms with E-state index in [-0.39, 0.29) is 5.95 Å². The van der Waals surface area contributed by atoms with E-state index in [1.807, 2.05) is 36.0 Å². The van der Waals surface area contributed by atoms with E-state index < -0.39 is 11.2 Å². The number of rotatable bonds is 4. The molecule has 0 amide bonds. The van der Waals surface area contributed by atoms with Crippen molar-refractivity contribution in [2.24, 2.45) is 0 Å². The van der Waals surface area contributed by atoms with Crippen molar-refractivity contribution < 1.29 is 10.2 Å². The molecule has 0 saturated carbocycles. The van der Waals surface area contributed by atoms with Crippen LogP contribution < -0.4 is 10.6 Å². The van der Waals surface area contributed by atoms with Gasteiger partial charge in [0.05, 0.1) is 17.2 Å². The molecule has 0 spiro atoms. The molecule has 13 heteroatoms. The van der Waals surface area contributed by atoms with Crippen molar-refractivity contribution in [2.45, 2.75) is 38.9 Å². The summed E-state index contributed by atoms with van der Waals surface area (Å²) in [6.07, 6.45) is 8.54. The molecule has 0 aliphatic carbocycles. The molecule has 0 unspecified atom stereocenters. The zero-order chi connectivity index (χ0) is 32.8. The highest BCUT2D eigenvalue weighted by atomic mass is 35.5. The fourth-order valence-corrected chi connectivity index (χ4v) is 4.80. The number of pyridine rings is 2. The van der Waals surface area contributed by atoms with E-state index in [1.54, 1.807) is 67.9 Å². The fraction of sp³-hybridized carbons (Fsp3) is 0.212. The van der Waals surface area contributed by atoms with Gasteiger partial charge in [0, 0.05) is 42.6 Å². The fourth-order valence-electron chi connectivity index (χ4n) is 4.62. The van der Waals surface area contributed by atoms with Gasteiger partial charge in [-0.15, -0.1) is 0 Å². The van der Waals surface area contributed by atoms with Gasteiger partial charge in [0.25, 0.3) is 0 Å². The van der Waals surface area contributed by atoms with Crippen molar-refractivity contribution in [1.82, 2.24) is 39.0 Å². The van der Waals surface area contributed by atoms with Gasteiger partial charge in [-0.05, 0) is 69.9 Å². The van der Waals surface area contributed by atoms with Gasteiger partial charge in [-0.1, -0.05) is 23.4 Å². The average Bonchev–Trinajstić information content (AvgIpc) is 3.63. The van der Waals surface area contributed by atoms with E-state index in [0.717, 1.165) is 16.3 Å². The van der Waals surface area contributed by atoms with Crippen LogP contribution in [0.15, 0.2) is 61.3 Å². The number of hydrogen-bond acceptors (Lipinski definition) is 10. The van der Waals surface area contributed by atoms with E-state index in [2.05, 4.69) is 43.6 Å². The molecular formula is C33H29ClN10O2. The Labute approximate surface area is 269 Å². The number of aliphatic hydroxyl groups is 2. The lowest BCUT2D eigenvalue weighted by molar-refractivity contribution is 0.143. The smallest absolute Gasteiger partial charge is 0.232 e. The predicted molar refractivity (Wildman–Crippen MR) is 177 cm³/mol. The summed E-state index contributed by atoms with van der Waals surface area (Å²) in [7, 11) is 1.81. The van der Waals surface area contributed by atoms with Gasteiger partial charge in [-0.3, -0.25) is 9.47 Å². The lowest BCUT2D eigenvalue weighted by Gasteiger charge is -2.19. The molecule has 0 atom stereocenters. The van der Waals surface area contributed by atoms with Crippen molar-refractivity contribution in [2.75, 3.05) is 17.7 Å². The molecule has 230 valence electrons. The Morgan fingerprint density at radius 3 is 2.26 bits per heavy atom. The molecule has 4 N–H and O–H groups in total. The first-order valence-corrected chi connectivity index (χ1v) is 14.5. The zero-order valence-corrected chi connectivity index (χ0v) is 26.4. The van der Waals surface area contributed by atoms with Gasteiger partial charge < -0.3 is 20.5 Å². The number of aromatic nitrogens is 8. The van der Waals surface area contributed by atoms with Crippen LogP contribution in [0.4, 0.5) is 17.7 Å². The molecule has 46 heavy (non-hydrogen) atoms. The van der Waals surface area contributed by atoms with Gasteiger partial charge in [-0.2, -0.15) is 9.97 Å². The Bertz CT molecular complexity index is 2260. The summed E-state index contributed by atoms with van der Waals surface area (Å²) in [5.41, 5.74) is 5.95. The van der Waals surface area contributed by atoms with Crippen molar-refractivity contribution >= 4 is 51.1 Å². The Morgan fingerprint density at radius 2 is 1.52 bits per heavy atom. The minimum absolute atomic E-state index is 0.0737. The van der Waals surface area contributed by atoms with Crippen LogP contribution in [-0.4, -0.2) is 67.5 Å². The minimum Gasteiger partial charge on any atom is -0.378 e. The standard InChI is InChI=1S/C33H29ClN10O2/c1-32(2,45)11-6-21-16-25-20(18-37-21)9-14-43(25)27-8-13-36-31(40-27)42(5)28-23-10-15-44(29-24(34)19-38-30(35)41-29)26(23)17-22(39-28)7-12-33(3,4)46/h8-10,13-19,45-46H,1-5H3,(H2,35,38,41). The molecule has 6 aromatic heterocycles. The number of nitrogen functional groups attached to an aromatic ring is 1. The van der Waals surface area contributed by atoms with Crippen LogP contribution in [-0.2, 0) is 0 Å². The third-order valence-corrected chi connectivity index (χ3v) is 6.97. The van der Waals surface area contributed by atoms with E-state index in [4.69, 9.17) is 27.3 Å². The lowest BCUT2D eigenvalue weighted by atomic mass is 10.1. The van der Waals surface area contributed by atoms with Gasteiger partial charge >= 0.3 is 0 Å². The highest BCUT2D eigenvalue weighted by Crippen LogP contribution is 2.32. The summed E-state index contributed by atoms with van der Waals surface area (Å²) in [5.74, 6) is 13.5. The normalized spacial score (nSPS) is 11.7. The molecule has 6 aromatic rings. The summed E-state index contributed by atoms with van der Waals surface area (Å²) in [5, 5.41) is 22.2. The summed E-state index contributed by atoms with van der Waals surface area (Å²) < 4.78 is 3.69. The number of fused-ring (bicyclic) bond motifs is 2. The van der Waals surface area contributed by atoms with Crippen LogP contribution in [0.25, 0.3) is 33.4 Å². The van der Waals surface area contributed by atoms with Gasteiger partial charge in [0.1, 0.15) is 39.2 Å².